The minimum atomic E-state index is -4.63. The lowest BCUT2D eigenvalue weighted by atomic mass is 9.99. The number of amides is 1. The van der Waals surface area contributed by atoms with E-state index in [2.05, 4.69) is 0 Å². The molecule has 0 bridgehead atoms. The second-order valence-electron chi connectivity index (χ2n) is 7.59. The van der Waals surface area contributed by atoms with E-state index < -0.39 is 49.2 Å². The van der Waals surface area contributed by atoms with Crippen molar-refractivity contribution in [1.82, 2.24) is 9.29 Å². The number of carbonyl (C=O) groups excluding carboxylic acids is 1. The molecule has 0 spiro atoms. The Morgan fingerprint density at radius 3 is 2.31 bits per heavy atom. The molecule has 0 aliphatic heterocycles. The van der Waals surface area contributed by atoms with Crippen LogP contribution in [0, 0.1) is 11.6 Å². The fourth-order valence-corrected chi connectivity index (χ4v) is 4.48. The normalized spacial score (nSPS) is 11.3. The molecule has 0 unspecified atom stereocenters. The fraction of sp³-hybridized carbons (Fsp3) is 0.0400. The number of halogens is 2. The van der Waals surface area contributed by atoms with Crippen LogP contribution in [0.4, 0.5) is 8.78 Å². The van der Waals surface area contributed by atoms with Gasteiger partial charge in [0, 0.05) is 12.7 Å². The van der Waals surface area contributed by atoms with Gasteiger partial charge in [-0.1, -0.05) is 54.6 Å². The molecule has 0 aliphatic carbocycles. The Kier molecular flexibility index (Phi) is 6.48. The summed E-state index contributed by atoms with van der Waals surface area (Å²) in [6.45, 7) is 0.148. The molecule has 0 fully saturated rings. The molecule has 10 heteroatoms. The smallest absolute Gasteiger partial charge is 0.270 e. The van der Waals surface area contributed by atoms with Crippen molar-refractivity contribution in [2.24, 2.45) is 0 Å². The van der Waals surface area contributed by atoms with Gasteiger partial charge in [0.2, 0.25) is 5.43 Å². The highest BCUT2D eigenvalue weighted by atomic mass is 32.2. The van der Waals surface area contributed by atoms with Gasteiger partial charge in [-0.2, -0.15) is 0 Å². The summed E-state index contributed by atoms with van der Waals surface area (Å²) in [5.74, 6) is -4.78. The van der Waals surface area contributed by atoms with Gasteiger partial charge >= 0.3 is 0 Å². The lowest BCUT2D eigenvalue weighted by Gasteiger charge is -2.14. The summed E-state index contributed by atoms with van der Waals surface area (Å²) >= 11 is 0. The van der Waals surface area contributed by atoms with E-state index in [1.807, 2.05) is 54.6 Å². The maximum atomic E-state index is 13.5. The van der Waals surface area contributed by atoms with Crippen molar-refractivity contribution in [3.05, 3.63) is 118 Å². The molecular weight excluding hydrogens is 478 g/mol. The Balaban J connectivity index is 1.66. The van der Waals surface area contributed by atoms with Crippen molar-refractivity contribution in [2.75, 3.05) is 0 Å². The van der Waals surface area contributed by atoms with Gasteiger partial charge < -0.3 is 9.67 Å². The van der Waals surface area contributed by atoms with Gasteiger partial charge in [-0.15, -0.1) is 0 Å². The molecular formula is C25H18F2N2O5S. The largest absolute Gasteiger partial charge is 0.503 e. The van der Waals surface area contributed by atoms with Gasteiger partial charge in [0.15, 0.2) is 17.4 Å². The first-order valence-electron chi connectivity index (χ1n) is 10.2. The number of rotatable bonds is 6. The number of pyridine rings is 1. The zero-order valence-corrected chi connectivity index (χ0v) is 18.8. The van der Waals surface area contributed by atoms with Crippen LogP contribution in [0.25, 0.3) is 11.1 Å². The van der Waals surface area contributed by atoms with E-state index in [0.29, 0.717) is 12.1 Å². The quantitative estimate of drug-likeness (QED) is 0.424. The number of benzene rings is 3. The Hall–Kier alpha value is -4.31. The zero-order chi connectivity index (χ0) is 25.2. The third-order valence-electron chi connectivity index (χ3n) is 5.19. The van der Waals surface area contributed by atoms with Crippen LogP contribution >= 0.6 is 0 Å². The van der Waals surface area contributed by atoms with Crippen LogP contribution in [0.1, 0.15) is 15.9 Å². The van der Waals surface area contributed by atoms with Gasteiger partial charge in [-0.25, -0.2) is 21.9 Å². The number of sulfonamides is 1. The maximum absolute atomic E-state index is 13.5. The molecule has 4 aromatic rings. The Labute approximate surface area is 199 Å². The number of carbonyl (C=O) groups is 1. The topological polar surface area (TPSA) is 105 Å². The second-order valence-corrected chi connectivity index (χ2v) is 9.27. The van der Waals surface area contributed by atoms with Gasteiger partial charge in [0.25, 0.3) is 15.9 Å². The van der Waals surface area contributed by atoms with E-state index in [9.17, 15) is 31.9 Å². The lowest BCUT2D eigenvalue weighted by molar-refractivity contribution is 0.0979. The van der Waals surface area contributed by atoms with E-state index in [0.717, 1.165) is 35.2 Å². The van der Waals surface area contributed by atoms with E-state index in [1.165, 1.54) is 4.57 Å². The molecule has 4 rings (SSSR count). The summed E-state index contributed by atoms with van der Waals surface area (Å²) in [5.41, 5.74) is 0.897. The molecule has 0 atom stereocenters. The minimum Gasteiger partial charge on any atom is -0.503 e. The second kappa shape index (κ2) is 9.51. The Bertz CT molecular complexity index is 1590. The van der Waals surface area contributed by atoms with Crippen molar-refractivity contribution in [1.29, 1.82) is 0 Å². The average molecular weight is 496 g/mol. The molecule has 7 nitrogen and oxygen atoms in total. The van der Waals surface area contributed by atoms with E-state index in [-0.39, 0.29) is 6.54 Å². The summed E-state index contributed by atoms with van der Waals surface area (Å²) in [5, 5.41) is 10.1. The lowest BCUT2D eigenvalue weighted by Crippen LogP contribution is -2.34. The average Bonchev–Trinajstić information content (AvgIpc) is 2.83. The molecule has 35 heavy (non-hydrogen) atoms. The van der Waals surface area contributed by atoms with Crippen molar-refractivity contribution in [3.8, 4) is 16.9 Å². The van der Waals surface area contributed by atoms with Crippen LogP contribution < -0.4 is 10.2 Å². The van der Waals surface area contributed by atoms with Crippen LogP contribution in [0.15, 0.2) is 94.9 Å². The van der Waals surface area contributed by atoms with Crippen molar-refractivity contribution in [2.45, 2.75) is 11.4 Å². The SMILES string of the molecule is O=C(NS(=O)(=O)c1ccc(F)c(F)c1)c1cn(Cc2ccccc2-c2ccccc2)cc(O)c1=O. The number of nitrogens with zero attached hydrogens (tertiary/aromatic N) is 1. The highest BCUT2D eigenvalue weighted by Crippen LogP contribution is 2.24. The Morgan fingerprint density at radius 1 is 0.914 bits per heavy atom. The summed E-state index contributed by atoms with van der Waals surface area (Å²) < 4.78 is 54.6. The van der Waals surface area contributed by atoms with Gasteiger partial charge in [-0.05, 0) is 34.9 Å². The number of hydrogen-bond acceptors (Lipinski definition) is 5. The van der Waals surface area contributed by atoms with Gasteiger partial charge in [0.1, 0.15) is 5.56 Å². The van der Waals surface area contributed by atoms with Crippen LogP contribution in [-0.4, -0.2) is 24.0 Å². The van der Waals surface area contributed by atoms with Crippen molar-refractivity contribution in [3.63, 3.8) is 0 Å². The van der Waals surface area contributed by atoms with Crippen molar-refractivity contribution >= 4 is 15.9 Å². The fourth-order valence-electron chi connectivity index (χ4n) is 3.50. The predicted octanol–water partition coefficient (Wildman–Crippen LogP) is 3.67. The van der Waals surface area contributed by atoms with Crippen LogP contribution in [0.2, 0.25) is 0 Å². The standard InChI is InChI=1S/C25H18F2N2O5S/c26-21-11-10-18(12-22(21)27)35(33,34)28-25(32)20-14-29(15-23(30)24(20)31)13-17-8-4-5-9-19(17)16-6-2-1-3-7-16/h1-12,14-15,30H,13H2,(H,28,32). The first-order chi connectivity index (χ1) is 16.7. The number of hydrogen-bond donors (Lipinski definition) is 2. The molecule has 0 saturated carbocycles. The highest BCUT2D eigenvalue weighted by Gasteiger charge is 2.23. The molecule has 2 N–H and O–H groups in total. The first kappa shape index (κ1) is 23.8. The van der Waals surface area contributed by atoms with E-state index in [4.69, 9.17) is 0 Å². The summed E-state index contributed by atoms with van der Waals surface area (Å²) in [6, 6.07) is 18.7. The molecule has 1 aromatic heterocycles. The summed E-state index contributed by atoms with van der Waals surface area (Å²) in [6.07, 6.45) is 2.24. The van der Waals surface area contributed by atoms with Crippen LogP contribution in [-0.2, 0) is 16.6 Å². The number of nitrogens with one attached hydrogen (secondary N) is 1. The predicted molar refractivity (Wildman–Crippen MR) is 124 cm³/mol. The highest BCUT2D eigenvalue weighted by molar-refractivity contribution is 7.90. The third-order valence-corrected chi connectivity index (χ3v) is 6.52. The Morgan fingerprint density at radius 2 is 1.60 bits per heavy atom. The number of aromatic nitrogens is 1. The van der Waals surface area contributed by atoms with Gasteiger partial charge in [0.05, 0.1) is 11.1 Å². The maximum Gasteiger partial charge on any atom is 0.270 e. The molecule has 0 saturated heterocycles. The summed E-state index contributed by atoms with van der Waals surface area (Å²) in [4.78, 5) is 24.4. The number of aromatic hydroxyl groups is 1. The van der Waals surface area contributed by atoms with E-state index in [1.54, 1.807) is 4.72 Å². The summed E-state index contributed by atoms with van der Waals surface area (Å²) in [7, 11) is -4.63. The monoisotopic (exact) mass is 496 g/mol. The molecule has 3 aromatic carbocycles. The third kappa shape index (κ3) is 5.12. The molecule has 0 radical (unpaired) electrons. The van der Waals surface area contributed by atoms with Crippen LogP contribution in [0.3, 0.4) is 0 Å². The minimum absolute atomic E-state index is 0.148. The molecule has 1 heterocycles. The molecule has 0 aliphatic rings. The molecule has 178 valence electrons. The molecule has 1 amide bonds. The van der Waals surface area contributed by atoms with Crippen LogP contribution in [0.5, 0.6) is 5.75 Å². The van der Waals surface area contributed by atoms with E-state index >= 15 is 0 Å². The van der Waals surface area contributed by atoms with Gasteiger partial charge in [-0.3, -0.25) is 9.59 Å². The first-order valence-corrected chi connectivity index (χ1v) is 11.7. The van der Waals surface area contributed by atoms with Crippen molar-refractivity contribution < 1.29 is 27.1 Å². The zero-order valence-electron chi connectivity index (χ0n) is 18.0.